The second-order valence-corrected chi connectivity index (χ2v) is 5.23. The van der Waals surface area contributed by atoms with Gasteiger partial charge in [0.2, 0.25) is 0 Å². The Kier molecular flexibility index (Phi) is 3.21. The van der Waals surface area contributed by atoms with E-state index in [0.717, 1.165) is 17.8 Å². The summed E-state index contributed by atoms with van der Waals surface area (Å²) in [5.41, 5.74) is 2.12. The van der Waals surface area contributed by atoms with Crippen LogP contribution in [0.15, 0.2) is 6.33 Å². The van der Waals surface area contributed by atoms with Crippen molar-refractivity contribution in [3.63, 3.8) is 0 Å². The molecule has 5 nitrogen and oxygen atoms in total. The van der Waals surface area contributed by atoms with Gasteiger partial charge in [0.05, 0.1) is 30.9 Å². The maximum atomic E-state index is 12.0. The normalized spacial score (nSPS) is 19.9. The Bertz CT molecular complexity index is 424. The number of aromatic nitrogens is 2. The van der Waals surface area contributed by atoms with Crippen molar-refractivity contribution in [2.45, 2.75) is 38.6 Å². The SMILES string of the molecule is O=C(OCC1CCCC1)N1CCc2nc[nH]c2C1. The third-order valence-corrected chi connectivity index (χ3v) is 3.95. The molecule has 0 unspecified atom stereocenters. The summed E-state index contributed by atoms with van der Waals surface area (Å²) in [6, 6.07) is 0. The summed E-state index contributed by atoms with van der Waals surface area (Å²) in [7, 11) is 0. The molecule has 1 aromatic rings. The van der Waals surface area contributed by atoms with Gasteiger partial charge < -0.3 is 14.6 Å². The van der Waals surface area contributed by atoms with E-state index in [0.29, 0.717) is 25.6 Å². The number of nitrogens with zero attached hydrogens (tertiary/aromatic N) is 2. The van der Waals surface area contributed by atoms with Crippen LogP contribution in [0.5, 0.6) is 0 Å². The highest BCUT2D eigenvalue weighted by atomic mass is 16.6. The van der Waals surface area contributed by atoms with Crippen LogP contribution < -0.4 is 0 Å². The van der Waals surface area contributed by atoms with Gasteiger partial charge in [-0.05, 0) is 18.8 Å². The second kappa shape index (κ2) is 5.00. The number of hydrogen-bond acceptors (Lipinski definition) is 3. The van der Waals surface area contributed by atoms with Crippen molar-refractivity contribution >= 4 is 6.09 Å². The minimum absolute atomic E-state index is 0.179. The first-order valence-electron chi connectivity index (χ1n) is 6.76. The number of ether oxygens (including phenoxy) is 1. The van der Waals surface area contributed by atoms with Gasteiger partial charge in [-0.25, -0.2) is 9.78 Å². The summed E-state index contributed by atoms with van der Waals surface area (Å²) >= 11 is 0. The predicted molar refractivity (Wildman–Crippen MR) is 66.0 cm³/mol. The molecule has 1 aliphatic carbocycles. The molecular weight excluding hydrogens is 230 g/mol. The smallest absolute Gasteiger partial charge is 0.410 e. The Labute approximate surface area is 107 Å². The summed E-state index contributed by atoms with van der Waals surface area (Å²) < 4.78 is 5.41. The minimum Gasteiger partial charge on any atom is -0.449 e. The van der Waals surface area contributed by atoms with Gasteiger partial charge in [0, 0.05) is 13.0 Å². The van der Waals surface area contributed by atoms with Crippen molar-refractivity contribution in [3.05, 3.63) is 17.7 Å². The minimum atomic E-state index is -0.179. The van der Waals surface area contributed by atoms with Crippen LogP contribution in [0.25, 0.3) is 0 Å². The Hall–Kier alpha value is -1.52. The molecular formula is C13H19N3O2. The Morgan fingerprint density at radius 3 is 3.17 bits per heavy atom. The van der Waals surface area contributed by atoms with Gasteiger partial charge in [-0.15, -0.1) is 0 Å². The Balaban J connectivity index is 1.51. The number of carbonyl (C=O) groups excluding carboxylic acids is 1. The molecule has 3 rings (SSSR count). The van der Waals surface area contributed by atoms with E-state index in [1.165, 1.54) is 25.7 Å². The zero-order valence-corrected chi connectivity index (χ0v) is 10.5. The van der Waals surface area contributed by atoms with Crippen molar-refractivity contribution in [1.29, 1.82) is 0 Å². The van der Waals surface area contributed by atoms with Gasteiger partial charge in [-0.1, -0.05) is 12.8 Å². The number of amides is 1. The van der Waals surface area contributed by atoms with Crippen molar-refractivity contribution < 1.29 is 9.53 Å². The number of H-pyrrole nitrogens is 1. The molecule has 0 radical (unpaired) electrons. The van der Waals surface area contributed by atoms with Crippen LogP contribution >= 0.6 is 0 Å². The van der Waals surface area contributed by atoms with E-state index in [9.17, 15) is 4.79 Å². The first-order valence-corrected chi connectivity index (χ1v) is 6.76. The molecule has 1 amide bonds. The molecule has 0 aromatic carbocycles. The summed E-state index contributed by atoms with van der Waals surface area (Å²) in [5, 5.41) is 0. The lowest BCUT2D eigenvalue weighted by molar-refractivity contribution is 0.0837. The molecule has 2 heterocycles. The first kappa shape index (κ1) is 11.6. The molecule has 1 fully saturated rings. The number of imidazole rings is 1. The molecule has 2 aliphatic rings. The van der Waals surface area contributed by atoms with Gasteiger partial charge in [0.15, 0.2) is 0 Å². The van der Waals surface area contributed by atoms with Gasteiger partial charge in [-0.3, -0.25) is 0 Å². The van der Waals surface area contributed by atoms with E-state index in [-0.39, 0.29) is 6.09 Å². The van der Waals surface area contributed by atoms with Gasteiger partial charge in [-0.2, -0.15) is 0 Å². The molecule has 0 spiro atoms. The van der Waals surface area contributed by atoms with Gasteiger partial charge in [0.1, 0.15) is 0 Å². The lowest BCUT2D eigenvalue weighted by atomic mass is 10.1. The predicted octanol–water partition coefficient (Wildman–Crippen LogP) is 2.09. The lowest BCUT2D eigenvalue weighted by Crippen LogP contribution is -2.37. The molecule has 1 aliphatic heterocycles. The summed E-state index contributed by atoms with van der Waals surface area (Å²) in [6.45, 7) is 1.89. The highest BCUT2D eigenvalue weighted by Crippen LogP contribution is 2.25. The van der Waals surface area contributed by atoms with Crippen LogP contribution in [0.3, 0.4) is 0 Å². The van der Waals surface area contributed by atoms with E-state index in [1.54, 1.807) is 11.2 Å². The highest BCUT2D eigenvalue weighted by Gasteiger charge is 2.24. The zero-order valence-electron chi connectivity index (χ0n) is 10.5. The standard InChI is InChI=1S/C13H19N3O2/c17-13(18-8-10-3-1-2-4-10)16-6-5-11-12(7-16)15-9-14-11/h9-10H,1-8H2,(H,14,15). The second-order valence-electron chi connectivity index (χ2n) is 5.23. The number of aromatic amines is 1. The lowest BCUT2D eigenvalue weighted by Gasteiger charge is -2.26. The topological polar surface area (TPSA) is 58.2 Å². The molecule has 18 heavy (non-hydrogen) atoms. The van der Waals surface area contributed by atoms with Crippen molar-refractivity contribution in [3.8, 4) is 0 Å². The third-order valence-electron chi connectivity index (χ3n) is 3.95. The van der Waals surface area contributed by atoms with E-state index in [1.807, 2.05) is 0 Å². The van der Waals surface area contributed by atoms with Gasteiger partial charge in [0.25, 0.3) is 0 Å². The zero-order chi connectivity index (χ0) is 12.4. The maximum absolute atomic E-state index is 12.0. The van der Waals surface area contributed by atoms with E-state index >= 15 is 0 Å². The average Bonchev–Trinajstić information content (AvgIpc) is 3.05. The van der Waals surface area contributed by atoms with E-state index in [2.05, 4.69) is 9.97 Å². The fourth-order valence-corrected chi connectivity index (χ4v) is 2.83. The number of carbonyl (C=O) groups is 1. The highest BCUT2D eigenvalue weighted by molar-refractivity contribution is 5.68. The van der Waals surface area contributed by atoms with E-state index in [4.69, 9.17) is 4.74 Å². The van der Waals surface area contributed by atoms with E-state index < -0.39 is 0 Å². The van der Waals surface area contributed by atoms with Crippen LogP contribution in [0, 0.1) is 5.92 Å². The van der Waals surface area contributed by atoms with Crippen LogP contribution in [0.1, 0.15) is 37.1 Å². The molecule has 1 saturated carbocycles. The van der Waals surface area contributed by atoms with Crippen LogP contribution in [-0.2, 0) is 17.7 Å². The van der Waals surface area contributed by atoms with Crippen molar-refractivity contribution in [1.82, 2.24) is 14.9 Å². The number of rotatable bonds is 2. The van der Waals surface area contributed by atoms with Crippen LogP contribution in [0.4, 0.5) is 4.79 Å². The molecule has 0 saturated heterocycles. The molecule has 1 aromatic heterocycles. The summed E-state index contributed by atoms with van der Waals surface area (Å²) in [5.74, 6) is 0.585. The van der Waals surface area contributed by atoms with Crippen LogP contribution in [-0.4, -0.2) is 34.1 Å². The fourth-order valence-electron chi connectivity index (χ4n) is 2.83. The number of hydrogen-bond donors (Lipinski definition) is 1. The quantitative estimate of drug-likeness (QED) is 0.873. The first-order chi connectivity index (χ1) is 8.83. The molecule has 1 N–H and O–H groups in total. The Morgan fingerprint density at radius 1 is 1.50 bits per heavy atom. The fraction of sp³-hybridized carbons (Fsp3) is 0.692. The number of fused-ring (bicyclic) bond motifs is 1. The largest absolute Gasteiger partial charge is 0.449 e. The van der Waals surface area contributed by atoms with Crippen molar-refractivity contribution in [2.75, 3.05) is 13.2 Å². The monoisotopic (exact) mass is 249 g/mol. The molecule has 0 atom stereocenters. The Morgan fingerprint density at radius 2 is 2.33 bits per heavy atom. The molecule has 0 bridgehead atoms. The summed E-state index contributed by atoms with van der Waals surface area (Å²) in [6.07, 6.45) is 7.31. The van der Waals surface area contributed by atoms with Gasteiger partial charge >= 0.3 is 6.09 Å². The average molecular weight is 249 g/mol. The molecule has 5 heteroatoms. The third kappa shape index (κ3) is 2.35. The maximum Gasteiger partial charge on any atom is 0.410 e. The van der Waals surface area contributed by atoms with Crippen LogP contribution in [0.2, 0.25) is 0 Å². The molecule has 98 valence electrons. The summed E-state index contributed by atoms with van der Waals surface area (Å²) in [4.78, 5) is 21.0. The van der Waals surface area contributed by atoms with Crippen molar-refractivity contribution in [2.24, 2.45) is 5.92 Å². The number of nitrogens with one attached hydrogen (secondary N) is 1.